The van der Waals surface area contributed by atoms with E-state index in [1.807, 2.05) is 24.3 Å². The molecule has 2 heterocycles. The summed E-state index contributed by atoms with van der Waals surface area (Å²) in [5.41, 5.74) is 3.41. The molecule has 0 bridgehead atoms. The monoisotopic (exact) mass is 323 g/mol. The molecule has 3 aromatic rings. The Kier molecular flexibility index (Phi) is 3.69. The van der Waals surface area contributed by atoms with Crippen molar-refractivity contribution in [2.24, 2.45) is 0 Å². The summed E-state index contributed by atoms with van der Waals surface area (Å²) in [5, 5.41) is 0.944. The molecule has 0 saturated carbocycles. The molecule has 2 aromatic carbocycles. The van der Waals surface area contributed by atoms with Crippen molar-refractivity contribution in [3.63, 3.8) is 0 Å². The van der Waals surface area contributed by atoms with Gasteiger partial charge in [0.25, 0.3) is 0 Å². The summed E-state index contributed by atoms with van der Waals surface area (Å²) in [5.74, 6) is -0.171. The molecule has 1 aliphatic rings. The van der Waals surface area contributed by atoms with E-state index in [9.17, 15) is 9.18 Å². The van der Waals surface area contributed by atoms with Gasteiger partial charge in [0, 0.05) is 54.5 Å². The number of hydrogen-bond acceptors (Lipinski definition) is 3. The molecule has 1 fully saturated rings. The summed E-state index contributed by atoms with van der Waals surface area (Å²) >= 11 is 0. The maximum absolute atomic E-state index is 13.9. The summed E-state index contributed by atoms with van der Waals surface area (Å²) in [4.78, 5) is 18.6. The predicted octanol–water partition coefficient (Wildman–Crippen LogP) is 3.45. The van der Waals surface area contributed by atoms with Gasteiger partial charge in [0.05, 0.1) is 5.69 Å². The van der Waals surface area contributed by atoms with E-state index in [1.54, 1.807) is 12.3 Å². The number of carbonyl (C=O) groups is 1. The Morgan fingerprint density at radius 3 is 2.50 bits per heavy atom. The molecule has 1 N–H and O–H groups in total. The summed E-state index contributed by atoms with van der Waals surface area (Å²) in [6.07, 6.45) is 2.61. The first-order chi connectivity index (χ1) is 11.8. The predicted molar refractivity (Wildman–Crippen MR) is 94.5 cm³/mol. The first kappa shape index (κ1) is 14.8. The van der Waals surface area contributed by atoms with Gasteiger partial charge in [0.1, 0.15) is 5.82 Å². The van der Waals surface area contributed by atoms with Crippen LogP contribution in [0.25, 0.3) is 10.9 Å². The van der Waals surface area contributed by atoms with E-state index >= 15 is 0 Å². The van der Waals surface area contributed by atoms with E-state index in [-0.39, 0.29) is 5.82 Å². The molecule has 0 atom stereocenters. The van der Waals surface area contributed by atoms with Crippen molar-refractivity contribution in [1.82, 2.24) is 4.98 Å². The number of aldehydes is 1. The standard InChI is InChI=1S/C19H18FN3O/c20-17-3-1-2-4-19(17)23-9-7-22(8-10-23)15-5-6-18-16(11-15)14(13-24)12-21-18/h1-6,11-13,21H,7-10H2. The van der Waals surface area contributed by atoms with Gasteiger partial charge in [-0.2, -0.15) is 0 Å². The van der Waals surface area contributed by atoms with Crippen LogP contribution in [0.2, 0.25) is 0 Å². The van der Waals surface area contributed by atoms with Gasteiger partial charge in [-0.05, 0) is 30.3 Å². The van der Waals surface area contributed by atoms with Crippen LogP contribution in [0.4, 0.5) is 15.8 Å². The first-order valence-electron chi connectivity index (χ1n) is 8.07. The highest BCUT2D eigenvalue weighted by atomic mass is 19.1. The van der Waals surface area contributed by atoms with Crippen LogP contribution in [0, 0.1) is 5.82 Å². The molecule has 4 rings (SSSR count). The third kappa shape index (κ3) is 2.52. The molecule has 0 radical (unpaired) electrons. The first-order valence-corrected chi connectivity index (χ1v) is 8.07. The van der Waals surface area contributed by atoms with Gasteiger partial charge >= 0.3 is 0 Å². The van der Waals surface area contributed by atoms with E-state index in [4.69, 9.17) is 0 Å². The van der Waals surface area contributed by atoms with Gasteiger partial charge in [-0.25, -0.2) is 4.39 Å². The van der Waals surface area contributed by atoms with Crippen molar-refractivity contribution in [2.75, 3.05) is 36.0 Å². The lowest BCUT2D eigenvalue weighted by molar-refractivity contribution is 0.112. The van der Waals surface area contributed by atoms with Gasteiger partial charge in [0.2, 0.25) is 0 Å². The number of hydrogen-bond donors (Lipinski definition) is 1. The number of halogens is 1. The molecular formula is C19H18FN3O. The van der Waals surface area contributed by atoms with E-state index in [0.717, 1.165) is 49.1 Å². The normalized spacial score (nSPS) is 15.0. The Balaban J connectivity index is 1.53. The molecule has 4 nitrogen and oxygen atoms in total. The molecular weight excluding hydrogens is 305 g/mol. The van der Waals surface area contributed by atoms with Crippen LogP contribution in [0.1, 0.15) is 10.4 Å². The number of fused-ring (bicyclic) bond motifs is 1. The average molecular weight is 323 g/mol. The highest BCUT2D eigenvalue weighted by Crippen LogP contribution is 2.26. The zero-order valence-electron chi connectivity index (χ0n) is 13.2. The maximum atomic E-state index is 13.9. The molecule has 0 aliphatic carbocycles. The second kappa shape index (κ2) is 6.00. The molecule has 1 aliphatic heterocycles. The van der Waals surface area contributed by atoms with E-state index in [1.165, 1.54) is 6.07 Å². The average Bonchev–Trinajstić information content (AvgIpc) is 3.04. The van der Waals surface area contributed by atoms with Crippen LogP contribution in [0.3, 0.4) is 0 Å². The number of nitrogens with one attached hydrogen (secondary N) is 1. The summed E-state index contributed by atoms with van der Waals surface area (Å²) in [6, 6.07) is 13.0. The second-order valence-electron chi connectivity index (χ2n) is 6.02. The largest absolute Gasteiger partial charge is 0.368 e. The number of carbonyl (C=O) groups excluding carboxylic acids is 1. The molecule has 24 heavy (non-hydrogen) atoms. The molecule has 1 aromatic heterocycles. The van der Waals surface area contributed by atoms with Gasteiger partial charge < -0.3 is 14.8 Å². The quantitative estimate of drug-likeness (QED) is 0.751. The van der Waals surface area contributed by atoms with Crippen molar-refractivity contribution in [3.8, 4) is 0 Å². The number of rotatable bonds is 3. The summed E-state index contributed by atoms with van der Waals surface area (Å²) in [6.45, 7) is 3.18. The van der Waals surface area contributed by atoms with E-state index in [0.29, 0.717) is 11.3 Å². The topological polar surface area (TPSA) is 39.3 Å². The van der Waals surface area contributed by atoms with Gasteiger partial charge in [-0.15, -0.1) is 0 Å². The van der Waals surface area contributed by atoms with Crippen LogP contribution in [0.5, 0.6) is 0 Å². The van der Waals surface area contributed by atoms with Crippen LogP contribution in [-0.2, 0) is 0 Å². The van der Waals surface area contributed by atoms with Crippen molar-refractivity contribution < 1.29 is 9.18 Å². The highest BCUT2D eigenvalue weighted by Gasteiger charge is 2.20. The number of piperazine rings is 1. The molecule has 0 unspecified atom stereocenters. The Bertz CT molecular complexity index is 881. The van der Waals surface area contributed by atoms with Crippen molar-refractivity contribution in [1.29, 1.82) is 0 Å². The number of nitrogens with zero attached hydrogens (tertiary/aromatic N) is 2. The van der Waals surface area contributed by atoms with Crippen molar-refractivity contribution in [2.45, 2.75) is 0 Å². The Morgan fingerprint density at radius 2 is 1.75 bits per heavy atom. The third-order valence-electron chi connectivity index (χ3n) is 4.66. The van der Waals surface area contributed by atoms with Crippen LogP contribution < -0.4 is 9.80 Å². The van der Waals surface area contributed by atoms with Crippen LogP contribution in [0.15, 0.2) is 48.7 Å². The molecule has 1 saturated heterocycles. The minimum absolute atomic E-state index is 0.171. The fraction of sp³-hybridized carbons (Fsp3) is 0.211. The minimum Gasteiger partial charge on any atom is -0.368 e. The fourth-order valence-electron chi connectivity index (χ4n) is 3.34. The molecule has 122 valence electrons. The number of aromatic nitrogens is 1. The minimum atomic E-state index is -0.171. The van der Waals surface area contributed by atoms with Gasteiger partial charge in [-0.1, -0.05) is 12.1 Å². The second-order valence-corrected chi connectivity index (χ2v) is 6.02. The zero-order chi connectivity index (χ0) is 16.5. The van der Waals surface area contributed by atoms with Gasteiger partial charge in [-0.3, -0.25) is 4.79 Å². The number of benzene rings is 2. The maximum Gasteiger partial charge on any atom is 0.152 e. The van der Waals surface area contributed by atoms with Crippen LogP contribution in [-0.4, -0.2) is 37.4 Å². The van der Waals surface area contributed by atoms with Crippen molar-refractivity contribution >= 4 is 28.6 Å². The SMILES string of the molecule is O=Cc1c[nH]c2ccc(N3CCN(c4ccccc4F)CC3)cc12. The molecule has 0 amide bonds. The Hall–Kier alpha value is -2.82. The molecule has 0 spiro atoms. The van der Waals surface area contributed by atoms with E-state index in [2.05, 4.69) is 20.9 Å². The lowest BCUT2D eigenvalue weighted by Gasteiger charge is -2.37. The lowest BCUT2D eigenvalue weighted by Crippen LogP contribution is -2.46. The number of para-hydroxylation sites is 1. The van der Waals surface area contributed by atoms with Crippen LogP contribution >= 0.6 is 0 Å². The fourth-order valence-corrected chi connectivity index (χ4v) is 3.34. The summed E-state index contributed by atoms with van der Waals surface area (Å²) in [7, 11) is 0. The number of aromatic amines is 1. The highest BCUT2D eigenvalue weighted by molar-refractivity contribution is 5.98. The third-order valence-corrected chi connectivity index (χ3v) is 4.66. The van der Waals surface area contributed by atoms with Gasteiger partial charge in [0.15, 0.2) is 6.29 Å². The Labute approximate surface area is 139 Å². The number of H-pyrrole nitrogens is 1. The zero-order valence-corrected chi connectivity index (χ0v) is 13.2. The Morgan fingerprint density at radius 1 is 1.00 bits per heavy atom. The molecule has 5 heteroatoms. The van der Waals surface area contributed by atoms with Crippen molar-refractivity contribution in [3.05, 3.63) is 60.0 Å². The number of anilines is 2. The lowest BCUT2D eigenvalue weighted by atomic mass is 10.1. The van der Waals surface area contributed by atoms with E-state index < -0.39 is 0 Å². The smallest absolute Gasteiger partial charge is 0.152 e. The summed E-state index contributed by atoms with van der Waals surface area (Å²) < 4.78 is 13.9.